The Morgan fingerprint density at radius 2 is 1.82 bits per heavy atom. The van der Waals surface area contributed by atoms with E-state index in [0.717, 1.165) is 15.8 Å². The maximum Gasteiger partial charge on any atom is 0.202 e. The highest BCUT2D eigenvalue weighted by Gasteiger charge is 2.18. The summed E-state index contributed by atoms with van der Waals surface area (Å²) >= 11 is 0. The van der Waals surface area contributed by atoms with Crippen LogP contribution in [-0.2, 0) is 0 Å². The third-order valence-corrected chi connectivity index (χ3v) is 2.38. The van der Waals surface area contributed by atoms with Crippen LogP contribution >= 0.6 is 0 Å². The number of rotatable bonds is 1. The highest BCUT2D eigenvalue weighted by atomic mass is 16.5. The molecule has 0 N–H and O–H groups in total. The van der Waals surface area contributed by atoms with Crippen molar-refractivity contribution in [3.63, 3.8) is 0 Å². The fourth-order valence-electron chi connectivity index (χ4n) is 1.35. The Bertz CT molecular complexity index is 570. The fraction of sp³-hybridized carbons (Fsp3) is 0.308. The Morgan fingerprint density at radius 1 is 1.18 bits per heavy atom. The van der Waals surface area contributed by atoms with Gasteiger partial charge in [-0.1, -0.05) is 12.1 Å². The first-order valence-electron chi connectivity index (χ1n) is 5.50. The largest absolute Gasteiger partial charge is 0.623 e. The molecule has 2 rings (SSSR count). The van der Waals surface area contributed by atoms with E-state index in [1.807, 2.05) is 45.0 Å². The molecule has 0 amide bonds. The number of aromatic nitrogens is 2. The molecule has 0 aliphatic heterocycles. The van der Waals surface area contributed by atoms with Crippen LogP contribution in [0.1, 0.15) is 26.5 Å². The number of nitrogens with zero attached hydrogens (tertiary/aromatic N) is 3. The van der Waals surface area contributed by atoms with E-state index in [4.69, 9.17) is 0 Å². The molecular formula is C13H15N3O. The van der Waals surface area contributed by atoms with E-state index in [-0.39, 0.29) is 0 Å². The number of hydrogen-bond acceptors (Lipinski definition) is 3. The monoisotopic (exact) mass is 229 g/mol. The minimum Gasteiger partial charge on any atom is -0.623 e. The van der Waals surface area contributed by atoms with Gasteiger partial charge in [-0.05, 0) is 12.1 Å². The van der Waals surface area contributed by atoms with Gasteiger partial charge in [-0.25, -0.2) is 9.72 Å². The summed E-state index contributed by atoms with van der Waals surface area (Å²) in [5, 5.41) is 11.8. The van der Waals surface area contributed by atoms with Crippen molar-refractivity contribution in [1.82, 2.24) is 9.97 Å². The minimum atomic E-state index is -0.465. The summed E-state index contributed by atoms with van der Waals surface area (Å²) in [6, 6.07) is 7.59. The third-order valence-electron chi connectivity index (χ3n) is 2.38. The minimum absolute atomic E-state index is 0.465. The Kier molecular flexibility index (Phi) is 2.79. The lowest BCUT2D eigenvalue weighted by molar-refractivity contribution is -0.530. The Labute approximate surface area is 100 Å². The van der Waals surface area contributed by atoms with E-state index in [9.17, 15) is 5.21 Å². The van der Waals surface area contributed by atoms with Gasteiger partial charge in [0.1, 0.15) is 5.69 Å². The summed E-state index contributed by atoms with van der Waals surface area (Å²) in [4.78, 5) is 8.63. The molecule has 0 radical (unpaired) electrons. The second kappa shape index (κ2) is 4.13. The van der Waals surface area contributed by atoms with Crippen LogP contribution in [0.4, 0.5) is 0 Å². The highest BCUT2D eigenvalue weighted by molar-refractivity contribution is 5.79. The first-order valence-corrected chi connectivity index (χ1v) is 5.50. The first-order chi connectivity index (χ1) is 7.97. The summed E-state index contributed by atoms with van der Waals surface area (Å²) in [7, 11) is 0. The van der Waals surface area contributed by atoms with Crippen molar-refractivity contribution in [3.05, 3.63) is 41.4 Å². The summed E-state index contributed by atoms with van der Waals surface area (Å²) in [5.74, 6) is 0. The second-order valence-corrected chi connectivity index (χ2v) is 4.91. The zero-order valence-electron chi connectivity index (χ0n) is 10.2. The average Bonchev–Trinajstić information content (AvgIpc) is 2.27. The van der Waals surface area contributed by atoms with Gasteiger partial charge in [0.05, 0.1) is 17.2 Å². The van der Waals surface area contributed by atoms with Crippen molar-refractivity contribution in [1.29, 1.82) is 0 Å². The quantitative estimate of drug-likeness (QED) is 0.326. The lowest BCUT2D eigenvalue weighted by atomic mass is 10.1. The molecule has 4 nitrogen and oxygen atoms in total. The van der Waals surface area contributed by atoms with E-state index in [1.165, 1.54) is 6.21 Å². The van der Waals surface area contributed by atoms with Gasteiger partial charge in [0.2, 0.25) is 6.21 Å². The molecule has 0 fully saturated rings. The Hall–Kier alpha value is -1.97. The number of fused-ring (bicyclic) bond motifs is 1. The number of hydroxylamine groups is 1. The standard InChI is InChI=1S/C13H15N3O/c1-13(2,3)16(17)9-10-8-14-11-6-4-5-7-12(11)15-10/h4-9H,1-3H3. The molecule has 17 heavy (non-hydrogen) atoms. The highest BCUT2D eigenvalue weighted by Crippen LogP contribution is 2.09. The number of hydrogen-bond donors (Lipinski definition) is 0. The van der Waals surface area contributed by atoms with E-state index >= 15 is 0 Å². The van der Waals surface area contributed by atoms with Crippen molar-refractivity contribution in [2.75, 3.05) is 0 Å². The van der Waals surface area contributed by atoms with Gasteiger partial charge in [-0.3, -0.25) is 4.98 Å². The summed E-state index contributed by atoms with van der Waals surface area (Å²) in [6.45, 7) is 5.56. The lowest BCUT2D eigenvalue weighted by Crippen LogP contribution is -2.29. The first kappa shape index (κ1) is 11.5. The molecule has 88 valence electrons. The Morgan fingerprint density at radius 3 is 2.47 bits per heavy atom. The third kappa shape index (κ3) is 2.58. The Balaban J connectivity index is 2.44. The summed E-state index contributed by atoms with van der Waals surface area (Å²) < 4.78 is 0.895. The molecule has 1 aromatic carbocycles. The van der Waals surface area contributed by atoms with Gasteiger partial charge in [-0.2, -0.15) is 0 Å². The molecule has 1 aromatic heterocycles. The van der Waals surface area contributed by atoms with Gasteiger partial charge in [0, 0.05) is 20.8 Å². The zero-order valence-corrected chi connectivity index (χ0v) is 10.2. The van der Waals surface area contributed by atoms with Gasteiger partial charge < -0.3 is 5.21 Å². The second-order valence-electron chi connectivity index (χ2n) is 4.91. The molecule has 0 spiro atoms. The maximum atomic E-state index is 11.8. The van der Waals surface area contributed by atoms with Crippen LogP contribution in [0, 0.1) is 5.21 Å². The number of para-hydroxylation sites is 2. The molecule has 0 saturated carbocycles. The predicted molar refractivity (Wildman–Crippen MR) is 68.1 cm³/mol. The fourth-order valence-corrected chi connectivity index (χ4v) is 1.35. The van der Waals surface area contributed by atoms with Gasteiger partial charge >= 0.3 is 0 Å². The van der Waals surface area contributed by atoms with Gasteiger partial charge in [-0.15, -0.1) is 0 Å². The molecule has 1 heterocycles. The van der Waals surface area contributed by atoms with E-state index in [1.54, 1.807) is 6.20 Å². The van der Waals surface area contributed by atoms with E-state index < -0.39 is 5.54 Å². The molecule has 0 saturated heterocycles. The van der Waals surface area contributed by atoms with Crippen LogP contribution in [-0.4, -0.2) is 26.5 Å². The van der Waals surface area contributed by atoms with Gasteiger partial charge in [0.15, 0.2) is 5.54 Å². The zero-order chi connectivity index (χ0) is 12.5. The van der Waals surface area contributed by atoms with E-state index in [0.29, 0.717) is 5.69 Å². The molecule has 0 unspecified atom stereocenters. The van der Waals surface area contributed by atoms with Gasteiger partial charge in [0.25, 0.3) is 0 Å². The van der Waals surface area contributed by atoms with Crippen LogP contribution in [0.5, 0.6) is 0 Å². The smallest absolute Gasteiger partial charge is 0.202 e. The van der Waals surface area contributed by atoms with Crippen molar-refractivity contribution >= 4 is 17.2 Å². The average molecular weight is 229 g/mol. The topological polar surface area (TPSA) is 51.9 Å². The molecular weight excluding hydrogens is 214 g/mol. The van der Waals surface area contributed by atoms with Crippen LogP contribution in [0.3, 0.4) is 0 Å². The van der Waals surface area contributed by atoms with Crippen molar-refractivity contribution in [2.24, 2.45) is 0 Å². The van der Waals surface area contributed by atoms with Crippen LogP contribution in [0.15, 0.2) is 30.5 Å². The molecule has 0 aliphatic rings. The number of benzene rings is 1. The van der Waals surface area contributed by atoms with Crippen LogP contribution in [0.2, 0.25) is 0 Å². The SMILES string of the molecule is CC(C)(C)[N+]([O-])=Cc1cnc2ccccc2n1. The maximum absolute atomic E-state index is 11.8. The summed E-state index contributed by atoms with van der Waals surface area (Å²) in [5.41, 5.74) is 1.74. The normalized spacial score (nSPS) is 13.0. The lowest BCUT2D eigenvalue weighted by Gasteiger charge is -2.18. The molecule has 2 aromatic rings. The van der Waals surface area contributed by atoms with Crippen molar-refractivity contribution in [2.45, 2.75) is 26.3 Å². The molecule has 0 atom stereocenters. The molecule has 0 aliphatic carbocycles. The summed E-state index contributed by atoms with van der Waals surface area (Å²) in [6.07, 6.45) is 3.08. The molecule has 0 bridgehead atoms. The van der Waals surface area contributed by atoms with E-state index in [2.05, 4.69) is 9.97 Å². The predicted octanol–water partition coefficient (Wildman–Crippen LogP) is 2.36. The van der Waals surface area contributed by atoms with Crippen LogP contribution < -0.4 is 0 Å². The van der Waals surface area contributed by atoms with Crippen molar-refractivity contribution < 1.29 is 4.74 Å². The van der Waals surface area contributed by atoms with Crippen molar-refractivity contribution in [3.8, 4) is 0 Å². The molecule has 4 heteroatoms. The van der Waals surface area contributed by atoms with Crippen LogP contribution in [0.25, 0.3) is 11.0 Å².